The van der Waals surface area contributed by atoms with E-state index in [1.54, 1.807) is 24.3 Å². The van der Waals surface area contributed by atoms with Gasteiger partial charge in [0.1, 0.15) is 6.07 Å². The van der Waals surface area contributed by atoms with Crippen LogP contribution in [-0.4, -0.2) is 40.9 Å². The second-order valence-corrected chi connectivity index (χ2v) is 6.62. The Kier molecular flexibility index (Phi) is 5.89. The highest BCUT2D eigenvalue weighted by Crippen LogP contribution is 2.24. The molecule has 1 aromatic carbocycles. The molecule has 1 aromatic heterocycles. The summed E-state index contributed by atoms with van der Waals surface area (Å²) in [6.07, 6.45) is 4.26. The van der Waals surface area contributed by atoms with E-state index in [-0.39, 0.29) is 6.04 Å². The Balaban J connectivity index is 1.64. The molecular formula is C20H23N5O2. The third-order valence-electron chi connectivity index (χ3n) is 4.86. The normalized spacial score (nSPS) is 15.1. The third-order valence-corrected chi connectivity index (χ3v) is 4.86. The van der Waals surface area contributed by atoms with E-state index in [2.05, 4.69) is 15.5 Å². The Morgan fingerprint density at radius 3 is 2.56 bits per heavy atom. The summed E-state index contributed by atoms with van der Waals surface area (Å²) in [6.45, 7) is 2.31. The molecule has 2 amide bonds. The van der Waals surface area contributed by atoms with Crippen molar-refractivity contribution in [3.05, 3.63) is 53.9 Å². The summed E-state index contributed by atoms with van der Waals surface area (Å²) in [5, 5.41) is 14.3. The van der Waals surface area contributed by atoms with E-state index in [4.69, 9.17) is 5.26 Å². The lowest BCUT2D eigenvalue weighted by molar-refractivity contribution is -0.136. The molecule has 0 aliphatic carbocycles. The first-order valence-electron chi connectivity index (χ1n) is 9.03. The molecule has 1 saturated heterocycles. The summed E-state index contributed by atoms with van der Waals surface area (Å²) >= 11 is 0. The summed E-state index contributed by atoms with van der Waals surface area (Å²) < 4.78 is 2.04. The van der Waals surface area contributed by atoms with Crippen LogP contribution in [0.1, 0.15) is 30.1 Å². The van der Waals surface area contributed by atoms with Gasteiger partial charge in [-0.1, -0.05) is 12.1 Å². The molecule has 0 spiro atoms. The summed E-state index contributed by atoms with van der Waals surface area (Å²) in [5.74, 6) is -1.48. The molecule has 2 heterocycles. The van der Waals surface area contributed by atoms with E-state index in [1.165, 1.54) is 0 Å². The van der Waals surface area contributed by atoms with Gasteiger partial charge in [0.25, 0.3) is 0 Å². The first kappa shape index (κ1) is 18.7. The molecule has 0 bridgehead atoms. The maximum absolute atomic E-state index is 12.3. The van der Waals surface area contributed by atoms with Crippen LogP contribution in [0, 0.1) is 11.3 Å². The Morgan fingerprint density at radius 1 is 1.15 bits per heavy atom. The minimum Gasteiger partial charge on any atom is -0.353 e. The third kappa shape index (κ3) is 4.36. The van der Waals surface area contributed by atoms with Gasteiger partial charge < -0.3 is 15.2 Å². The first-order valence-corrected chi connectivity index (χ1v) is 9.03. The van der Waals surface area contributed by atoms with Crippen LogP contribution in [0.4, 0.5) is 5.69 Å². The molecule has 1 unspecified atom stereocenters. The fourth-order valence-electron chi connectivity index (χ4n) is 3.43. The number of aryl methyl sites for hydroxylation is 1. The number of benzene rings is 1. The summed E-state index contributed by atoms with van der Waals surface area (Å²) in [6, 6.07) is 12.6. The van der Waals surface area contributed by atoms with Crippen molar-refractivity contribution in [2.24, 2.45) is 7.05 Å². The van der Waals surface area contributed by atoms with Gasteiger partial charge >= 0.3 is 11.8 Å². The number of anilines is 1. The number of nitrogens with zero attached hydrogens (tertiary/aromatic N) is 3. The van der Waals surface area contributed by atoms with Gasteiger partial charge in [-0.3, -0.25) is 14.5 Å². The Labute approximate surface area is 158 Å². The summed E-state index contributed by atoms with van der Waals surface area (Å²) in [7, 11) is 1.98. The number of nitrogens with one attached hydrogen (secondary N) is 2. The predicted octanol–water partition coefficient (Wildman–Crippen LogP) is 1.79. The second-order valence-electron chi connectivity index (χ2n) is 6.62. The quantitative estimate of drug-likeness (QED) is 0.791. The van der Waals surface area contributed by atoms with Gasteiger partial charge in [-0.25, -0.2) is 0 Å². The number of carbonyl (C=O) groups excluding carboxylic acids is 2. The molecular weight excluding hydrogens is 342 g/mol. The average Bonchev–Trinajstić information content (AvgIpc) is 3.35. The number of hydrogen-bond acceptors (Lipinski definition) is 4. The lowest BCUT2D eigenvalue weighted by Crippen LogP contribution is -2.42. The van der Waals surface area contributed by atoms with E-state index >= 15 is 0 Å². The highest BCUT2D eigenvalue weighted by atomic mass is 16.2. The number of nitriles is 1. The zero-order chi connectivity index (χ0) is 19.2. The number of para-hydroxylation sites is 1. The van der Waals surface area contributed by atoms with Crippen LogP contribution in [0.25, 0.3) is 0 Å². The van der Waals surface area contributed by atoms with Crippen molar-refractivity contribution in [2.45, 2.75) is 18.9 Å². The van der Waals surface area contributed by atoms with Crippen LogP contribution in [0.15, 0.2) is 42.6 Å². The lowest BCUT2D eigenvalue weighted by atomic mass is 10.1. The zero-order valence-electron chi connectivity index (χ0n) is 15.3. The van der Waals surface area contributed by atoms with E-state index in [1.807, 2.05) is 36.0 Å². The number of hydrogen-bond donors (Lipinski definition) is 2. The van der Waals surface area contributed by atoms with Gasteiger partial charge in [-0.2, -0.15) is 5.26 Å². The molecule has 7 nitrogen and oxygen atoms in total. The summed E-state index contributed by atoms with van der Waals surface area (Å²) in [5.41, 5.74) is 1.75. The fourth-order valence-corrected chi connectivity index (χ4v) is 3.43. The van der Waals surface area contributed by atoms with Crippen molar-refractivity contribution >= 4 is 17.5 Å². The van der Waals surface area contributed by atoms with Gasteiger partial charge in [0.2, 0.25) is 0 Å². The van der Waals surface area contributed by atoms with Crippen molar-refractivity contribution in [3.63, 3.8) is 0 Å². The van der Waals surface area contributed by atoms with Crippen molar-refractivity contribution in [1.82, 2.24) is 14.8 Å². The molecule has 1 atom stereocenters. The zero-order valence-corrected chi connectivity index (χ0v) is 15.3. The SMILES string of the molecule is Cn1cccc1C(CNC(=O)C(=O)Nc1ccccc1C#N)N1CCCC1. The molecule has 2 aromatic rings. The maximum Gasteiger partial charge on any atom is 0.313 e. The van der Waals surface area contributed by atoms with Crippen LogP contribution in [-0.2, 0) is 16.6 Å². The van der Waals surface area contributed by atoms with Crippen molar-refractivity contribution in [3.8, 4) is 6.07 Å². The molecule has 1 fully saturated rings. The number of carbonyl (C=O) groups is 2. The van der Waals surface area contributed by atoms with Crippen LogP contribution in [0.5, 0.6) is 0 Å². The van der Waals surface area contributed by atoms with Crippen LogP contribution in [0.2, 0.25) is 0 Å². The van der Waals surface area contributed by atoms with Crippen molar-refractivity contribution in [2.75, 3.05) is 25.0 Å². The lowest BCUT2D eigenvalue weighted by Gasteiger charge is -2.28. The molecule has 0 saturated carbocycles. The fraction of sp³-hybridized carbons (Fsp3) is 0.350. The van der Waals surface area contributed by atoms with E-state index < -0.39 is 11.8 Å². The smallest absolute Gasteiger partial charge is 0.313 e. The predicted molar refractivity (Wildman–Crippen MR) is 102 cm³/mol. The number of aromatic nitrogens is 1. The highest BCUT2D eigenvalue weighted by molar-refractivity contribution is 6.39. The molecule has 0 radical (unpaired) electrons. The molecule has 1 aliphatic heterocycles. The first-order chi connectivity index (χ1) is 13.1. The Morgan fingerprint density at radius 2 is 1.89 bits per heavy atom. The van der Waals surface area contributed by atoms with Gasteiger partial charge in [0, 0.05) is 25.5 Å². The minimum atomic E-state index is -0.773. The maximum atomic E-state index is 12.3. The Bertz CT molecular complexity index is 861. The Hall–Kier alpha value is -3.11. The van der Waals surface area contributed by atoms with E-state index in [0.717, 1.165) is 31.6 Å². The molecule has 140 valence electrons. The van der Waals surface area contributed by atoms with Gasteiger partial charge in [0.05, 0.1) is 17.3 Å². The molecule has 7 heteroatoms. The van der Waals surface area contributed by atoms with Gasteiger partial charge in [-0.15, -0.1) is 0 Å². The van der Waals surface area contributed by atoms with Gasteiger partial charge in [0.15, 0.2) is 0 Å². The molecule has 2 N–H and O–H groups in total. The van der Waals surface area contributed by atoms with Crippen LogP contribution < -0.4 is 10.6 Å². The summed E-state index contributed by atoms with van der Waals surface area (Å²) in [4.78, 5) is 26.8. The monoisotopic (exact) mass is 365 g/mol. The molecule has 27 heavy (non-hydrogen) atoms. The van der Waals surface area contributed by atoms with E-state index in [9.17, 15) is 9.59 Å². The van der Waals surface area contributed by atoms with Crippen molar-refractivity contribution < 1.29 is 9.59 Å². The van der Waals surface area contributed by atoms with Crippen LogP contribution in [0.3, 0.4) is 0 Å². The standard InChI is InChI=1S/C20H23N5O2/c1-24-10-6-9-17(24)18(25-11-4-5-12-25)14-22-19(26)20(27)23-16-8-3-2-7-15(16)13-21/h2-3,6-10,18H,4-5,11-12,14H2,1H3,(H,22,26)(H,23,27). The number of rotatable bonds is 5. The largest absolute Gasteiger partial charge is 0.353 e. The highest BCUT2D eigenvalue weighted by Gasteiger charge is 2.26. The van der Waals surface area contributed by atoms with Crippen LogP contribution >= 0.6 is 0 Å². The van der Waals surface area contributed by atoms with Gasteiger partial charge in [-0.05, 0) is 50.2 Å². The number of amides is 2. The average molecular weight is 365 g/mol. The van der Waals surface area contributed by atoms with Crippen molar-refractivity contribution in [1.29, 1.82) is 5.26 Å². The molecule has 1 aliphatic rings. The minimum absolute atomic E-state index is 0.0237. The van der Waals surface area contributed by atoms with E-state index in [0.29, 0.717) is 17.8 Å². The number of likely N-dealkylation sites (tertiary alicyclic amines) is 1. The molecule has 3 rings (SSSR count). The second kappa shape index (κ2) is 8.52. The topological polar surface area (TPSA) is 90.2 Å².